The monoisotopic (exact) mass is 294 g/mol. The topological polar surface area (TPSA) is 41.1 Å². The molecule has 0 aliphatic rings. The number of carbonyl (C=O) groups excluding carboxylic acids is 1. The Morgan fingerprint density at radius 3 is 2.89 bits per heavy atom. The van der Waals surface area contributed by atoms with E-state index in [9.17, 15) is 4.79 Å². The highest BCUT2D eigenvalue weighted by Crippen LogP contribution is 2.18. The molecule has 1 heterocycles. The Morgan fingerprint density at radius 1 is 1.37 bits per heavy atom. The molecule has 0 radical (unpaired) electrons. The van der Waals surface area contributed by atoms with E-state index < -0.39 is 0 Å². The van der Waals surface area contributed by atoms with Gasteiger partial charge < -0.3 is 10.6 Å². The molecular weight excluding hydrogens is 280 g/mol. The maximum atomic E-state index is 11.8. The molecule has 0 fully saturated rings. The number of anilines is 1. The van der Waals surface area contributed by atoms with Crippen molar-refractivity contribution in [3.05, 3.63) is 51.7 Å². The lowest BCUT2D eigenvalue weighted by Crippen LogP contribution is -2.29. The number of thiophene rings is 1. The minimum atomic E-state index is -0.0781. The Labute approximate surface area is 121 Å². The molecule has 0 spiro atoms. The molecule has 0 saturated heterocycles. The summed E-state index contributed by atoms with van der Waals surface area (Å²) >= 11 is 7.53. The van der Waals surface area contributed by atoms with Gasteiger partial charge in [-0.15, -0.1) is 11.3 Å². The van der Waals surface area contributed by atoms with Crippen LogP contribution in [0.15, 0.2) is 41.8 Å². The van der Waals surface area contributed by atoms with Crippen molar-refractivity contribution in [2.45, 2.75) is 13.0 Å². The predicted molar refractivity (Wildman–Crippen MR) is 80.8 cm³/mol. The van der Waals surface area contributed by atoms with Gasteiger partial charge in [0.1, 0.15) is 0 Å². The van der Waals surface area contributed by atoms with Crippen molar-refractivity contribution in [3.8, 4) is 0 Å². The summed E-state index contributed by atoms with van der Waals surface area (Å²) in [5.41, 5.74) is 0.711. The molecule has 0 bridgehead atoms. The normalized spacial score (nSPS) is 12.1. The molecule has 0 aliphatic heterocycles. The van der Waals surface area contributed by atoms with Gasteiger partial charge >= 0.3 is 0 Å². The van der Waals surface area contributed by atoms with Gasteiger partial charge in [-0.2, -0.15) is 0 Å². The van der Waals surface area contributed by atoms with Gasteiger partial charge in [0.05, 0.1) is 6.54 Å². The maximum absolute atomic E-state index is 11.8. The summed E-state index contributed by atoms with van der Waals surface area (Å²) in [6, 6.07) is 11.3. The summed E-state index contributed by atoms with van der Waals surface area (Å²) in [5.74, 6) is -0.0781. The van der Waals surface area contributed by atoms with Crippen LogP contribution < -0.4 is 10.6 Å². The first-order valence-corrected chi connectivity index (χ1v) is 7.23. The van der Waals surface area contributed by atoms with Crippen LogP contribution >= 0.6 is 22.9 Å². The number of carbonyl (C=O) groups is 1. The number of hydrogen-bond acceptors (Lipinski definition) is 3. The molecule has 0 unspecified atom stereocenters. The predicted octanol–water partition coefficient (Wildman–Crippen LogP) is 3.69. The van der Waals surface area contributed by atoms with Crippen molar-refractivity contribution in [1.82, 2.24) is 5.32 Å². The van der Waals surface area contributed by atoms with Crippen LogP contribution in [0.1, 0.15) is 17.8 Å². The summed E-state index contributed by atoms with van der Waals surface area (Å²) < 4.78 is 0. The van der Waals surface area contributed by atoms with E-state index in [1.807, 2.05) is 24.4 Å². The average molecular weight is 295 g/mol. The highest BCUT2D eigenvalue weighted by Gasteiger charge is 2.08. The molecule has 1 amide bonds. The van der Waals surface area contributed by atoms with Crippen LogP contribution in [0, 0.1) is 0 Å². The molecule has 1 aromatic carbocycles. The van der Waals surface area contributed by atoms with Gasteiger partial charge in [0.2, 0.25) is 5.91 Å². The van der Waals surface area contributed by atoms with Crippen LogP contribution in [-0.4, -0.2) is 12.5 Å². The minimum Gasteiger partial charge on any atom is -0.325 e. The van der Waals surface area contributed by atoms with Crippen molar-refractivity contribution in [1.29, 1.82) is 0 Å². The van der Waals surface area contributed by atoms with E-state index in [0.29, 0.717) is 10.7 Å². The maximum Gasteiger partial charge on any atom is 0.238 e. The van der Waals surface area contributed by atoms with E-state index >= 15 is 0 Å². The fourth-order valence-corrected chi connectivity index (χ4v) is 2.60. The van der Waals surface area contributed by atoms with E-state index in [4.69, 9.17) is 11.6 Å². The Hall–Kier alpha value is -1.36. The number of rotatable bonds is 5. The SMILES string of the molecule is C[C@H](NCC(=O)Nc1cccc(Cl)c1)c1cccs1. The molecule has 3 nitrogen and oxygen atoms in total. The molecule has 1 aromatic heterocycles. The van der Waals surface area contributed by atoms with Gasteiger partial charge in [-0.3, -0.25) is 4.79 Å². The Morgan fingerprint density at radius 2 is 2.21 bits per heavy atom. The Kier molecular flexibility index (Phi) is 4.96. The molecule has 19 heavy (non-hydrogen) atoms. The van der Waals surface area contributed by atoms with Crippen LogP contribution in [0.25, 0.3) is 0 Å². The molecular formula is C14H15ClN2OS. The lowest BCUT2D eigenvalue weighted by Gasteiger charge is -2.12. The number of benzene rings is 1. The second kappa shape index (κ2) is 6.70. The lowest BCUT2D eigenvalue weighted by molar-refractivity contribution is -0.115. The molecule has 0 saturated carbocycles. The van der Waals surface area contributed by atoms with Crippen molar-refractivity contribution < 1.29 is 4.79 Å². The van der Waals surface area contributed by atoms with Gasteiger partial charge in [-0.1, -0.05) is 23.7 Å². The smallest absolute Gasteiger partial charge is 0.238 e. The zero-order valence-electron chi connectivity index (χ0n) is 10.5. The van der Waals surface area contributed by atoms with Crippen molar-refractivity contribution in [2.75, 3.05) is 11.9 Å². The fraction of sp³-hybridized carbons (Fsp3) is 0.214. The average Bonchev–Trinajstić information content (AvgIpc) is 2.90. The zero-order valence-corrected chi connectivity index (χ0v) is 12.1. The fourth-order valence-electron chi connectivity index (χ4n) is 1.66. The Balaban J connectivity index is 1.82. The van der Waals surface area contributed by atoms with Gasteiger partial charge in [0.25, 0.3) is 0 Å². The first-order chi connectivity index (χ1) is 9.15. The van der Waals surface area contributed by atoms with Gasteiger partial charge in [-0.05, 0) is 36.6 Å². The van der Waals surface area contributed by atoms with Crippen LogP contribution in [0.3, 0.4) is 0 Å². The molecule has 1 atom stereocenters. The number of hydrogen-bond donors (Lipinski definition) is 2. The molecule has 5 heteroatoms. The van der Waals surface area contributed by atoms with Gasteiger partial charge in [0.15, 0.2) is 0 Å². The first-order valence-electron chi connectivity index (χ1n) is 5.97. The van der Waals surface area contributed by atoms with Crippen LogP contribution in [0.2, 0.25) is 5.02 Å². The third-order valence-corrected chi connectivity index (χ3v) is 3.94. The van der Waals surface area contributed by atoms with E-state index in [0.717, 1.165) is 0 Å². The van der Waals surface area contributed by atoms with E-state index in [1.165, 1.54) is 4.88 Å². The van der Waals surface area contributed by atoms with Crippen molar-refractivity contribution in [3.63, 3.8) is 0 Å². The molecule has 100 valence electrons. The largest absolute Gasteiger partial charge is 0.325 e. The summed E-state index contributed by atoms with van der Waals surface area (Å²) in [5, 5.41) is 8.62. The molecule has 2 aromatic rings. The summed E-state index contributed by atoms with van der Waals surface area (Å²) in [4.78, 5) is 13.0. The summed E-state index contributed by atoms with van der Waals surface area (Å²) in [6.07, 6.45) is 0. The second-order valence-electron chi connectivity index (χ2n) is 4.18. The standard InChI is InChI=1S/C14H15ClN2OS/c1-10(13-6-3-7-19-13)16-9-14(18)17-12-5-2-4-11(15)8-12/h2-8,10,16H,9H2,1H3,(H,17,18)/t10-/m0/s1. The van der Waals surface area contributed by atoms with Gasteiger partial charge in [-0.25, -0.2) is 0 Å². The highest BCUT2D eigenvalue weighted by molar-refractivity contribution is 7.10. The van der Waals surface area contributed by atoms with E-state index in [1.54, 1.807) is 29.5 Å². The van der Waals surface area contributed by atoms with E-state index in [-0.39, 0.29) is 18.5 Å². The first kappa shape index (κ1) is 14.1. The second-order valence-corrected chi connectivity index (χ2v) is 5.59. The van der Waals surface area contributed by atoms with Crippen molar-refractivity contribution in [2.24, 2.45) is 0 Å². The summed E-state index contributed by atoms with van der Waals surface area (Å²) in [6.45, 7) is 2.31. The van der Waals surface area contributed by atoms with Crippen LogP contribution in [0.4, 0.5) is 5.69 Å². The van der Waals surface area contributed by atoms with Crippen LogP contribution in [0.5, 0.6) is 0 Å². The summed E-state index contributed by atoms with van der Waals surface area (Å²) in [7, 11) is 0. The quantitative estimate of drug-likeness (QED) is 0.883. The minimum absolute atomic E-state index is 0.0781. The van der Waals surface area contributed by atoms with Crippen molar-refractivity contribution >= 4 is 34.5 Å². The lowest BCUT2D eigenvalue weighted by atomic mass is 10.2. The van der Waals surface area contributed by atoms with E-state index in [2.05, 4.69) is 16.7 Å². The third kappa shape index (κ3) is 4.35. The zero-order chi connectivity index (χ0) is 13.7. The molecule has 0 aliphatic carbocycles. The number of halogens is 1. The number of nitrogens with one attached hydrogen (secondary N) is 2. The molecule has 2 rings (SSSR count). The van der Waals surface area contributed by atoms with Gasteiger partial charge in [0, 0.05) is 21.6 Å². The third-order valence-electron chi connectivity index (χ3n) is 2.65. The highest BCUT2D eigenvalue weighted by atomic mass is 35.5. The Bertz CT molecular complexity index is 542. The molecule has 2 N–H and O–H groups in total. The van der Waals surface area contributed by atoms with Crippen LogP contribution in [-0.2, 0) is 4.79 Å². The number of amides is 1.